The maximum absolute atomic E-state index is 6.73. The van der Waals surface area contributed by atoms with E-state index < -0.39 is 5.41 Å². The SMILES string of the molecule is CC(C)(C)c1ccc(N(c2ccc(C(C)(C)C)cc2)c2ccnc(-c3cccc(Oc4cccc(C5(c6ccccn6)c6ccccc6Oc6ccccc65)c4)c3)c2)cc1. The van der Waals surface area contributed by atoms with Crippen LogP contribution in [0.25, 0.3) is 11.3 Å². The molecule has 0 unspecified atom stereocenters. The van der Waals surface area contributed by atoms with E-state index in [-0.39, 0.29) is 10.8 Å². The van der Waals surface area contributed by atoms with Gasteiger partial charge in [-0.2, -0.15) is 0 Å². The molecule has 0 bridgehead atoms. The van der Waals surface area contributed by atoms with Crippen LogP contribution in [0.1, 0.15) is 75.1 Å². The van der Waals surface area contributed by atoms with Crippen LogP contribution in [0.3, 0.4) is 0 Å². The van der Waals surface area contributed by atoms with Gasteiger partial charge in [-0.05, 0) is 112 Å². The number of ether oxygens (including phenoxy) is 2. The quantitative estimate of drug-likeness (QED) is 0.154. The Bertz CT molecular complexity index is 2680. The topological polar surface area (TPSA) is 47.5 Å². The van der Waals surface area contributed by atoms with E-state index in [4.69, 9.17) is 19.4 Å². The van der Waals surface area contributed by atoms with Crippen LogP contribution in [0.5, 0.6) is 23.0 Å². The van der Waals surface area contributed by atoms with Crippen molar-refractivity contribution in [3.05, 3.63) is 222 Å². The Hall–Kier alpha value is -6.98. The zero-order chi connectivity index (χ0) is 41.5. The minimum absolute atomic E-state index is 0.0537. The number of benzene rings is 6. The van der Waals surface area contributed by atoms with Gasteiger partial charge in [-0.15, -0.1) is 0 Å². The van der Waals surface area contributed by atoms with Crippen LogP contribution in [0.2, 0.25) is 0 Å². The van der Waals surface area contributed by atoms with Gasteiger partial charge < -0.3 is 14.4 Å². The van der Waals surface area contributed by atoms with Crippen LogP contribution in [0.4, 0.5) is 17.1 Å². The third-order valence-electron chi connectivity index (χ3n) is 11.5. The largest absolute Gasteiger partial charge is 0.457 e. The summed E-state index contributed by atoms with van der Waals surface area (Å²) >= 11 is 0. The first kappa shape index (κ1) is 38.5. The zero-order valence-corrected chi connectivity index (χ0v) is 35.1. The number of aromatic nitrogens is 2. The minimum atomic E-state index is -0.746. The molecule has 0 atom stereocenters. The van der Waals surface area contributed by atoms with Gasteiger partial charge in [-0.25, -0.2) is 0 Å². The van der Waals surface area contributed by atoms with Crippen molar-refractivity contribution >= 4 is 17.1 Å². The third-order valence-corrected chi connectivity index (χ3v) is 11.5. The second-order valence-electron chi connectivity index (χ2n) is 17.5. The van der Waals surface area contributed by atoms with Crippen molar-refractivity contribution in [2.45, 2.75) is 57.8 Å². The van der Waals surface area contributed by atoms with Crippen LogP contribution in [-0.2, 0) is 16.2 Å². The van der Waals surface area contributed by atoms with E-state index in [1.807, 2.05) is 67.0 Å². The normalized spacial score (nSPS) is 13.1. The molecule has 1 aliphatic rings. The molecule has 0 saturated heterocycles. The average Bonchev–Trinajstić information content (AvgIpc) is 3.26. The predicted molar refractivity (Wildman–Crippen MR) is 244 cm³/mol. The number of hydrogen-bond acceptors (Lipinski definition) is 5. The molecule has 1 aliphatic heterocycles. The molecule has 0 saturated carbocycles. The molecule has 3 heterocycles. The molecule has 0 N–H and O–H groups in total. The van der Waals surface area contributed by atoms with Crippen molar-refractivity contribution in [3.8, 4) is 34.3 Å². The molecule has 0 spiro atoms. The molecule has 6 aromatic carbocycles. The van der Waals surface area contributed by atoms with Gasteiger partial charge >= 0.3 is 0 Å². The summed E-state index contributed by atoms with van der Waals surface area (Å²) in [6.45, 7) is 13.5. The lowest BCUT2D eigenvalue weighted by atomic mass is 9.65. The van der Waals surface area contributed by atoms with Crippen LogP contribution >= 0.6 is 0 Å². The van der Waals surface area contributed by atoms with Crippen molar-refractivity contribution in [2.75, 3.05) is 4.90 Å². The second kappa shape index (κ2) is 15.3. The fourth-order valence-corrected chi connectivity index (χ4v) is 8.35. The zero-order valence-electron chi connectivity index (χ0n) is 35.1. The Morgan fingerprint density at radius 1 is 0.483 bits per heavy atom. The van der Waals surface area contributed by atoms with E-state index in [2.05, 4.69) is 168 Å². The molecular weight excluding hydrogens is 735 g/mol. The van der Waals surface area contributed by atoms with E-state index in [9.17, 15) is 0 Å². The van der Waals surface area contributed by atoms with Crippen LogP contribution in [0.15, 0.2) is 188 Å². The van der Waals surface area contributed by atoms with Crippen LogP contribution in [-0.4, -0.2) is 9.97 Å². The Kier molecular flexibility index (Phi) is 9.84. The summed E-state index contributed by atoms with van der Waals surface area (Å²) in [6, 6.07) is 61.2. The van der Waals surface area contributed by atoms with E-state index in [0.29, 0.717) is 11.5 Å². The molecule has 5 nitrogen and oxygen atoms in total. The van der Waals surface area contributed by atoms with Crippen LogP contribution < -0.4 is 14.4 Å². The highest BCUT2D eigenvalue weighted by molar-refractivity contribution is 5.79. The first-order valence-electron chi connectivity index (χ1n) is 20.6. The summed E-state index contributed by atoms with van der Waals surface area (Å²) < 4.78 is 13.2. The first-order valence-corrected chi connectivity index (χ1v) is 20.6. The van der Waals surface area contributed by atoms with Gasteiger partial charge in [0.15, 0.2) is 0 Å². The lowest BCUT2D eigenvalue weighted by Gasteiger charge is -2.40. The summed E-state index contributed by atoms with van der Waals surface area (Å²) in [6.07, 6.45) is 3.75. The van der Waals surface area contributed by atoms with E-state index in [0.717, 1.165) is 62.2 Å². The molecule has 8 aromatic rings. The van der Waals surface area contributed by atoms with Crippen molar-refractivity contribution in [1.29, 1.82) is 0 Å². The monoisotopic (exact) mass is 783 g/mol. The fraction of sp³-hybridized carbons (Fsp3) is 0.164. The number of pyridine rings is 2. The molecule has 296 valence electrons. The minimum Gasteiger partial charge on any atom is -0.457 e. The van der Waals surface area contributed by atoms with Crippen LogP contribution in [0, 0.1) is 0 Å². The molecule has 0 radical (unpaired) electrons. The molecule has 0 amide bonds. The summed E-state index contributed by atoms with van der Waals surface area (Å²) in [5, 5.41) is 0. The number of anilines is 3. The Labute approximate surface area is 354 Å². The highest BCUT2D eigenvalue weighted by Gasteiger charge is 2.46. The summed E-state index contributed by atoms with van der Waals surface area (Å²) in [5.74, 6) is 3.03. The Morgan fingerprint density at radius 2 is 1.05 bits per heavy atom. The second-order valence-corrected chi connectivity index (χ2v) is 17.5. The number of hydrogen-bond donors (Lipinski definition) is 0. The van der Waals surface area contributed by atoms with Gasteiger partial charge in [-0.3, -0.25) is 9.97 Å². The van der Waals surface area contributed by atoms with Crippen molar-refractivity contribution in [2.24, 2.45) is 0 Å². The highest BCUT2D eigenvalue weighted by atomic mass is 16.5. The average molecular weight is 784 g/mol. The van der Waals surface area contributed by atoms with Crippen molar-refractivity contribution in [3.63, 3.8) is 0 Å². The van der Waals surface area contributed by atoms with Gasteiger partial charge in [0.1, 0.15) is 23.0 Å². The maximum atomic E-state index is 6.73. The number of rotatable bonds is 8. The molecule has 0 aliphatic carbocycles. The highest BCUT2D eigenvalue weighted by Crippen LogP contribution is 2.55. The van der Waals surface area contributed by atoms with E-state index in [1.165, 1.54) is 11.1 Å². The third kappa shape index (κ3) is 7.21. The molecule has 2 aromatic heterocycles. The Balaban J connectivity index is 1.08. The van der Waals surface area contributed by atoms with E-state index >= 15 is 0 Å². The van der Waals surface area contributed by atoms with Gasteiger partial charge in [0.25, 0.3) is 0 Å². The van der Waals surface area contributed by atoms with Crippen molar-refractivity contribution in [1.82, 2.24) is 9.97 Å². The number of nitrogens with zero attached hydrogens (tertiary/aromatic N) is 3. The van der Waals surface area contributed by atoms with Gasteiger partial charge in [0.2, 0.25) is 0 Å². The smallest absolute Gasteiger partial charge is 0.132 e. The van der Waals surface area contributed by atoms with Crippen molar-refractivity contribution < 1.29 is 9.47 Å². The Morgan fingerprint density at radius 3 is 1.63 bits per heavy atom. The maximum Gasteiger partial charge on any atom is 0.132 e. The summed E-state index contributed by atoms with van der Waals surface area (Å²) in [7, 11) is 0. The summed E-state index contributed by atoms with van der Waals surface area (Å²) in [4.78, 5) is 12.2. The van der Waals surface area contributed by atoms with Gasteiger partial charge in [0, 0.05) is 46.1 Å². The van der Waals surface area contributed by atoms with Gasteiger partial charge in [-0.1, -0.05) is 133 Å². The number of fused-ring (bicyclic) bond motifs is 2. The number of para-hydroxylation sites is 2. The molecule has 0 fully saturated rings. The molecule has 5 heteroatoms. The molecular formula is C55H49N3O2. The standard InChI is InChI=1S/C55H49N3O2/c1-53(2,3)39-24-28-42(29-25-39)58(43-30-26-40(27-31-43)54(4,5)6)44-32-34-56-49(37-44)38-15-13-17-45(35-38)59-46-18-14-16-41(36-46)55(52-23-11-12-33-57-52)47-19-7-9-21-50(47)60-51-22-10-8-20-48(51)55/h7-37H,1-6H3. The van der Waals surface area contributed by atoms with E-state index in [1.54, 1.807) is 0 Å². The molecule has 60 heavy (non-hydrogen) atoms. The predicted octanol–water partition coefficient (Wildman–Crippen LogP) is 14.5. The summed E-state index contributed by atoms with van der Waals surface area (Å²) in [5.41, 5.74) is 10.9. The lowest BCUT2D eigenvalue weighted by Crippen LogP contribution is -2.35. The lowest BCUT2D eigenvalue weighted by molar-refractivity contribution is 0.431. The molecule has 9 rings (SSSR count). The first-order chi connectivity index (χ1) is 29.0. The van der Waals surface area contributed by atoms with Gasteiger partial charge in [0.05, 0.1) is 16.8 Å². The fourth-order valence-electron chi connectivity index (χ4n) is 8.35.